The van der Waals surface area contributed by atoms with E-state index < -0.39 is 5.41 Å². The number of benzene rings is 11. The molecule has 0 amide bonds. The zero-order valence-electron chi connectivity index (χ0n) is 43.4. The number of para-hydroxylation sites is 1. The molecule has 0 fully saturated rings. The van der Waals surface area contributed by atoms with Crippen LogP contribution in [0.15, 0.2) is 267 Å². The summed E-state index contributed by atoms with van der Waals surface area (Å²) in [5.41, 5.74) is 26.2. The first-order valence-corrected chi connectivity index (χ1v) is 26.5. The molecule has 0 atom stereocenters. The van der Waals surface area contributed by atoms with Gasteiger partial charge >= 0.3 is 0 Å². The van der Waals surface area contributed by atoms with Gasteiger partial charge in [-0.3, -0.25) is 0 Å². The molecule has 0 bridgehead atoms. The molecule has 0 spiro atoms. The van der Waals surface area contributed by atoms with E-state index in [9.17, 15) is 0 Å². The molecule has 13 rings (SSSR count). The Morgan fingerprint density at radius 3 is 1.27 bits per heavy atom. The Bertz CT molecular complexity index is 3820. The topological polar surface area (TPSA) is 3.24 Å². The molecule has 0 radical (unpaired) electrons. The molecule has 2 aliphatic rings. The van der Waals surface area contributed by atoms with Crippen molar-refractivity contribution in [3.8, 4) is 66.8 Å². The molecule has 75 heavy (non-hydrogen) atoms. The van der Waals surface area contributed by atoms with Crippen LogP contribution in [0.3, 0.4) is 0 Å². The van der Waals surface area contributed by atoms with Gasteiger partial charge in [0.1, 0.15) is 0 Å². The molecule has 0 saturated carbocycles. The number of rotatable bonds is 9. The Balaban J connectivity index is 1.11. The largest absolute Gasteiger partial charge is 0.310 e. The van der Waals surface area contributed by atoms with Gasteiger partial charge in [0, 0.05) is 22.4 Å². The van der Waals surface area contributed by atoms with Crippen LogP contribution in [0.2, 0.25) is 0 Å². The zero-order chi connectivity index (χ0) is 50.9. The first-order valence-electron chi connectivity index (χ1n) is 26.5. The van der Waals surface area contributed by atoms with Gasteiger partial charge in [0.05, 0.1) is 11.1 Å². The third kappa shape index (κ3) is 7.60. The second-order valence-corrected chi connectivity index (χ2v) is 22.1. The van der Waals surface area contributed by atoms with Crippen molar-refractivity contribution in [3.05, 3.63) is 306 Å². The number of fused-ring (bicyclic) bond motifs is 6. The Labute approximate surface area is 443 Å². The van der Waals surface area contributed by atoms with Crippen molar-refractivity contribution in [1.29, 1.82) is 0 Å². The average Bonchev–Trinajstić information content (AvgIpc) is 3.98. The highest BCUT2D eigenvalue weighted by atomic mass is 15.1. The van der Waals surface area contributed by atoms with E-state index in [1.54, 1.807) is 0 Å². The van der Waals surface area contributed by atoms with E-state index >= 15 is 0 Å². The molecule has 0 heterocycles. The van der Waals surface area contributed by atoms with Gasteiger partial charge in [-0.2, -0.15) is 0 Å². The Morgan fingerprint density at radius 1 is 0.307 bits per heavy atom. The highest BCUT2D eigenvalue weighted by molar-refractivity contribution is 5.96. The molecular formula is C74H59N. The van der Waals surface area contributed by atoms with E-state index in [-0.39, 0.29) is 10.8 Å². The maximum Gasteiger partial charge on any atom is 0.0717 e. The highest BCUT2D eigenvalue weighted by Crippen LogP contribution is 2.61. The maximum atomic E-state index is 2.54. The van der Waals surface area contributed by atoms with Crippen molar-refractivity contribution in [2.75, 3.05) is 4.90 Å². The monoisotopic (exact) mass is 961 g/mol. The van der Waals surface area contributed by atoms with Gasteiger partial charge in [0.2, 0.25) is 0 Å². The maximum absolute atomic E-state index is 2.54. The lowest BCUT2D eigenvalue weighted by molar-refractivity contribution is 0.573. The van der Waals surface area contributed by atoms with Crippen molar-refractivity contribution in [2.45, 2.75) is 50.9 Å². The summed E-state index contributed by atoms with van der Waals surface area (Å²) in [5.74, 6) is 0. The summed E-state index contributed by atoms with van der Waals surface area (Å²) in [4.78, 5) is 2.53. The van der Waals surface area contributed by atoms with E-state index in [1.807, 2.05) is 0 Å². The predicted octanol–water partition coefficient (Wildman–Crippen LogP) is 19.8. The van der Waals surface area contributed by atoms with Crippen molar-refractivity contribution in [1.82, 2.24) is 0 Å². The molecule has 0 saturated heterocycles. The number of anilines is 3. The summed E-state index contributed by atoms with van der Waals surface area (Å²) in [7, 11) is 0. The van der Waals surface area contributed by atoms with Crippen LogP contribution < -0.4 is 4.90 Å². The Kier molecular flexibility index (Phi) is 11.1. The van der Waals surface area contributed by atoms with Crippen molar-refractivity contribution in [3.63, 3.8) is 0 Å². The zero-order valence-corrected chi connectivity index (χ0v) is 43.4. The van der Waals surface area contributed by atoms with Gasteiger partial charge in [0.25, 0.3) is 0 Å². The van der Waals surface area contributed by atoms with Crippen LogP contribution in [0.5, 0.6) is 0 Å². The lowest BCUT2D eigenvalue weighted by Gasteiger charge is -2.38. The fourth-order valence-corrected chi connectivity index (χ4v) is 12.7. The van der Waals surface area contributed by atoms with E-state index in [2.05, 4.69) is 306 Å². The van der Waals surface area contributed by atoms with Gasteiger partial charge in [0.15, 0.2) is 0 Å². The summed E-state index contributed by atoms with van der Waals surface area (Å²) in [6.45, 7) is 11.9. The minimum Gasteiger partial charge on any atom is -0.310 e. The van der Waals surface area contributed by atoms with Crippen LogP contribution in [0.4, 0.5) is 17.1 Å². The molecule has 0 N–H and O–H groups in total. The van der Waals surface area contributed by atoms with Crippen LogP contribution in [0.25, 0.3) is 66.8 Å². The molecular weight excluding hydrogens is 903 g/mol. The summed E-state index contributed by atoms with van der Waals surface area (Å²) in [6, 6.07) is 99.8. The lowest BCUT2D eigenvalue weighted by Crippen LogP contribution is -2.32. The lowest BCUT2D eigenvalue weighted by atomic mass is 9.64. The minimum atomic E-state index is -0.669. The van der Waals surface area contributed by atoms with Crippen molar-refractivity contribution in [2.24, 2.45) is 0 Å². The van der Waals surface area contributed by atoms with Crippen LogP contribution in [-0.2, 0) is 16.2 Å². The van der Waals surface area contributed by atoms with Crippen LogP contribution in [-0.4, -0.2) is 0 Å². The second kappa shape index (κ2) is 18.0. The standard InChI is InChI=1S/C74H59N/c1-72(2,3)69-47-56(55-44-53(50-25-11-6-12-26-50)43-54(45-55)51-27-13-7-14-28-51)46-65-64-42-40-60(49-68(64)74(71(65)69,57-31-17-9-18-32-57)58-33-19-10-20-34-58)75(70-38-24-22-35-61(70)52-29-15-8-16-30-52)59-39-41-63-62-36-21-23-37-66(62)73(4,5)67(63)48-59/h6-49H,1-5H3. The van der Waals surface area contributed by atoms with E-state index in [0.29, 0.717) is 0 Å². The quantitative estimate of drug-likeness (QED) is 0.139. The minimum absolute atomic E-state index is 0.175. The molecule has 1 nitrogen and oxygen atoms in total. The molecule has 0 aliphatic heterocycles. The molecule has 1 heteroatoms. The molecule has 11 aromatic rings. The normalized spacial score (nSPS) is 13.6. The van der Waals surface area contributed by atoms with Gasteiger partial charge in [-0.1, -0.05) is 247 Å². The Morgan fingerprint density at radius 2 is 0.720 bits per heavy atom. The van der Waals surface area contributed by atoms with Crippen molar-refractivity contribution < 1.29 is 0 Å². The predicted molar refractivity (Wildman–Crippen MR) is 316 cm³/mol. The molecule has 2 aliphatic carbocycles. The smallest absolute Gasteiger partial charge is 0.0717 e. The van der Waals surface area contributed by atoms with Gasteiger partial charge < -0.3 is 4.90 Å². The van der Waals surface area contributed by atoms with Gasteiger partial charge in [-0.25, -0.2) is 0 Å². The second-order valence-electron chi connectivity index (χ2n) is 22.1. The molecule has 360 valence electrons. The first-order chi connectivity index (χ1) is 36.6. The molecule has 0 aromatic heterocycles. The Hall–Kier alpha value is -8.78. The number of nitrogens with zero attached hydrogens (tertiary/aromatic N) is 1. The molecule has 11 aromatic carbocycles. The van der Waals surface area contributed by atoms with Crippen LogP contribution in [0, 0.1) is 0 Å². The first kappa shape index (κ1) is 46.0. The summed E-state index contributed by atoms with van der Waals surface area (Å²) < 4.78 is 0. The molecule has 0 unspecified atom stereocenters. The number of hydrogen-bond acceptors (Lipinski definition) is 1. The van der Waals surface area contributed by atoms with E-state index in [1.165, 1.54) is 106 Å². The van der Waals surface area contributed by atoms with E-state index in [4.69, 9.17) is 0 Å². The summed E-state index contributed by atoms with van der Waals surface area (Å²) >= 11 is 0. The third-order valence-corrected chi connectivity index (χ3v) is 16.2. The van der Waals surface area contributed by atoms with Gasteiger partial charge in [-0.15, -0.1) is 0 Å². The summed E-state index contributed by atoms with van der Waals surface area (Å²) in [6.07, 6.45) is 0. The number of hydrogen-bond donors (Lipinski definition) is 0. The van der Waals surface area contributed by atoms with Gasteiger partial charge in [-0.05, 0) is 160 Å². The fourth-order valence-electron chi connectivity index (χ4n) is 12.7. The SMILES string of the molecule is CC(C)(C)c1cc(-c2cc(-c3ccccc3)cc(-c3ccccc3)c2)cc2c1C(c1ccccc1)(c1ccccc1)c1cc(N(c3ccc4c(c3)C(C)(C)c3ccccc3-4)c3ccccc3-c3ccccc3)ccc1-2. The van der Waals surface area contributed by atoms with Crippen molar-refractivity contribution >= 4 is 17.1 Å². The fraction of sp³-hybridized carbons (Fsp3) is 0.108. The van der Waals surface area contributed by atoms with Crippen LogP contribution >= 0.6 is 0 Å². The van der Waals surface area contributed by atoms with E-state index in [0.717, 1.165) is 17.1 Å². The third-order valence-electron chi connectivity index (χ3n) is 16.2. The summed E-state index contributed by atoms with van der Waals surface area (Å²) in [5, 5.41) is 0. The van der Waals surface area contributed by atoms with Crippen LogP contribution in [0.1, 0.15) is 73.6 Å². The highest BCUT2D eigenvalue weighted by Gasteiger charge is 2.49. The average molecular weight is 962 g/mol.